The lowest BCUT2D eigenvalue weighted by atomic mass is 9.84. The van der Waals surface area contributed by atoms with Gasteiger partial charge in [0.1, 0.15) is 6.10 Å². The molecule has 5 nitrogen and oxygen atoms in total. The van der Waals surface area contributed by atoms with Crippen LogP contribution in [0, 0.1) is 0 Å². The Hall–Kier alpha value is -0.0694. The SMILES string of the molecule is C=C1/C(=C\CO)C[C@H](O[Si](C)(C)C(C)(C)C)[C@@H](OCCCO[Si](C)(C)C(C)(C)C)[C@@H]1O[Si](C)(C)C(C)(C)C. The van der Waals surface area contributed by atoms with Crippen LogP contribution in [0.1, 0.15) is 75.2 Å². The van der Waals surface area contributed by atoms with Crippen LogP contribution in [0.3, 0.4) is 0 Å². The van der Waals surface area contributed by atoms with E-state index in [4.69, 9.17) is 18.0 Å². The Morgan fingerprint density at radius 3 is 1.71 bits per heavy atom. The van der Waals surface area contributed by atoms with Gasteiger partial charge in [0.25, 0.3) is 0 Å². The molecule has 0 spiro atoms. The summed E-state index contributed by atoms with van der Waals surface area (Å²) in [5, 5.41) is 10.1. The summed E-state index contributed by atoms with van der Waals surface area (Å²) in [4.78, 5) is 0. The van der Waals surface area contributed by atoms with Crippen molar-refractivity contribution >= 4 is 25.0 Å². The lowest BCUT2D eigenvalue weighted by Crippen LogP contribution is -2.57. The highest BCUT2D eigenvalue weighted by molar-refractivity contribution is 6.75. The molecule has 1 N–H and O–H groups in total. The molecule has 0 amide bonds. The molecule has 0 saturated heterocycles. The predicted molar refractivity (Wildman–Crippen MR) is 171 cm³/mol. The van der Waals surface area contributed by atoms with Gasteiger partial charge in [0.05, 0.1) is 18.8 Å². The summed E-state index contributed by atoms with van der Waals surface area (Å²) >= 11 is 0. The molecule has 0 bridgehead atoms. The van der Waals surface area contributed by atoms with Gasteiger partial charge < -0.3 is 23.1 Å². The lowest BCUT2D eigenvalue weighted by Gasteiger charge is -2.49. The molecule has 224 valence electrons. The van der Waals surface area contributed by atoms with Crippen LogP contribution in [0.5, 0.6) is 0 Å². The van der Waals surface area contributed by atoms with Gasteiger partial charge in [0.2, 0.25) is 0 Å². The molecule has 0 heterocycles. The molecule has 1 aliphatic carbocycles. The Morgan fingerprint density at radius 2 is 1.26 bits per heavy atom. The summed E-state index contributed by atoms with van der Waals surface area (Å²) in [5.41, 5.74) is 1.95. The number of hydrogen-bond donors (Lipinski definition) is 1. The molecule has 38 heavy (non-hydrogen) atoms. The maximum absolute atomic E-state index is 9.80. The zero-order valence-corrected chi connectivity index (χ0v) is 30.6. The molecule has 1 rings (SSSR count). The number of rotatable bonds is 11. The third-order valence-corrected chi connectivity index (χ3v) is 23.0. The Balaban J connectivity index is 3.30. The van der Waals surface area contributed by atoms with Gasteiger partial charge in [-0.15, -0.1) is 0 Å². The molecule has 0 aromatic carbocycles. The Bertz CT molecular complexity index is 813. The van der Waals surface area contributed by atoms with E-state index in [-0.39, 0.29) is 40.0 Å². The minimum Gasteiger partial charge on any atom is -0.417 e. The summed E-state index contributed by atoms with van der Waals surface area (Å²) in [6.07, 6.45) is 2.65. The van der Waals surface area contributed by atoms with E-state index in [0.717, 1.165) is 17.6 Å². The van der Waals surface area contributed by atoms with E-state index in [1.54, 1.807) is 0 Å². The van der Waals surface area contributed by atoms with E-state index in [1.165, 1.54) is 0 Å². The molecule has 1 fully saturated rings. The van der Waals surface area contributed by atoms with E-state index < -0.39 is 25.0 Å². The first kappa shape index (κ1) is 36.0. The molecule has 0 radical (unpaired) electrons. The number of aliphatic hydroxyl groups excluding tert-OH is 1. The molecule has 1 saturated carbocycles. The van der Waals surface area contributed by atoms with Crippen molar-refractivity contribution in [3.05, 3.63) is 23.8 Å². The second-order valence-electron chi connectivity index (χ2n) is 15.7. The van der Waals surface area contributed by atoms with Gasteiger partial charge in [-0.3, -0.25) is 0 Å². The monoisotopic (exact) mass is 586 g/mol. The van der Waals surface area contributed by atoms with E-state index in [0.29, 0.717) is 19.6 Å². The predicted octanol–water partition coefficient (Wildman–Crippen LogP) is 8.44. The lowest BCUT2D eigenvalue weighted by molar-refractivity contribution is -0.0880. The van der Waals surface area contributed by atoms with Crippen molar-refractivity contribution in [2.75, 3.05) is 19.8 Å². The quantitative estimate of drug-likeness (QED) is 0.194. The van der Waals surface area contributed by atoms with Crippen molar-refractivity contribution in [3.8, 4) is 0 Å². The van der Waals surface area contributed by atoms with Crippen LogP contribution in [0.2, 0.25) is 54.4 Å². The van der Waals surface area contributed by atoms with Crippen molar-refractivity contribution in [2.45, 2.75) is 148 Å². The molecular formula is C30H62O5Si3. The van der Waals surface area contributed by atoms with Crippen molar-refractivity contribution in [1.82, 2.24) is 0 Å². The summed E-state index contributed by atoms with van der Waals surface area (Å²) in [6.45, 7) is 39.8. The normalized spacial score (nSPS) is 23.8. The first-order valence-electron chi connectivity index (χ1n) is 14.5. The summed E-state index contributed by atoms with van der Waals surface area (Å²) in [6, 6.07) is 0. The highest BCUT2D eigenvalue weighted by Crippen LogP contribution is 2.45. The van der Waals surface area contributed by atoms with Crippen molar-refractivity contribution in [1.29, 1.82) is 0 Å². The van der Waals surface area contributed by atoms with Crippen LogP contribution in [0.25, 0.3) is 0 Å². The van der Waals surface area contributed by atoms with E-state index in [1.807, 2.05) is 6.08 Å². The van der Waals surface area contributed by atoms with E-state index >= 15 is 0 Å². The Labute approximate surface area is 239 Å². The van der Waals surface area contributed by atoms with Gasteiger partial charge in [-0.2, -0.15) is 0 Å². The third-order valence-electron chi connectivity index (χ3n) is 9.53. The fraction of sp³-hybridized carbons (Fsp3) is 0.867. The molecule has 3 atom stereocenters. The standard InChI is InChI=1S/C30H62O5Si3/c1-23-24(18-19-31)22-25(34-37(13,14)29(5,6)7)27(26(23)35-38(15,16)30(8,9)10)32-20-17-21-33-36(11,12)28(2,3)4/h18,25-27,31H,1,17,19-22H2,2-16H3/b24-18-/t25-,26+,27+/m0/s1. The van der Waals surface area contributed by atoms with Gasteiger partial charge in [0.15, 0.2) is 25.0 Å². The van der Waals surface area contributed by atoms with Gasteiger partial charge in [-0.25, -0.2) is 0 Å². The van der Waals surface area contributed by atoms with E-state index in [2.05, 4.69) is 108 Å². The second kappa shape index (κ2) is 12.8. The molecule has 0 aromatic rings. The largest absolute Gasteiger partial charge is 0.417 e. The average Bonchev–Trinajstić information content (AvgIpc) is 2.70. The van der Waals surface area contributed by atoms with Crippen LogP contribution in [-0.4, -0.2) is 68.2 Å². The smallest absolute Gasteiger partial charge is 0.193 e. The van der Waals surface area contributed by atoms with Crippen LogP contribution in [0.15, 0.2) is 23.8 Å². The summed E-state index contributed by atoms with van der Waals surface area (Å²) in [7, 11) is -6.04. The number of ether oxygens (including phenoxy) is 1. The van der Waals surface area contributed by atoms with Gasteiger partial charge in [-0.05, 0) is 72.0 Å². The Kier molecular flexibility index (Phi) is 12.2. The zero-order valence-electron chi connectivity index (χ0n) is 27.6. The van der Waals surface area contributed by atoms with Crippen LogP contribution >= 0.6 is 0 Å². The molecule has 8 heteroatoms. The van der Waals surface area contributed by atoms with Gasteiger partial charge >= 0.3 is 0 Å². The molecule has 0 unspecified atom stereocenters. The fourth-order valence-electron chi connectivity index (χ4n) is 3.68. The van der Waals surface area contributed by atoms with Crippen molar-refractivity contribution < 1.29 is 23.1 Å². The average molecular weight is 587 g/mol. The molecule has 0 aliphatic heterocycles. The third kappa shape index (κ3) is 9.23. The van der Waals surface area contributed by atoms with Gasteiger partial charge in [-0.1, -0.05) is 75.0 Å². The minimum atomic E-state index is -2.15. The first-order valence-corrected chi connectivity index (χ1v) is 23.2. The van der Waals surface area contributed by atoms with Crippen LogP contribution < -0.4 is 0 Å². The zero-order chi connectivity index (χ0) is 30.0. The fourth-order valence-corrected chi connectivity index (χ4v) is 7.36. The molecule has 1 aliphatic rings. The van der Waals surface area contributed by atoms with Gasteiger partial charge in [0, 0.05) is 19.6 Å². The van der Waals surface area contributed by atoms with Crippen molar-refractivity contribution in [2.24, 2.45) is 0 Å². The highest BCUT2D eigenvalue weighted by atomic mass is 28.4. The second-order valence-corrected chi connectivity index (χ2v) is 30.0. The number of aliphatic hydroxyl groups is 1. The molecule has 0 aromatic heterocycles. The number of hydrogen-bond acceptors (Lipinski definition) is 5. The molecular weight excluding hydrogens is 525 g/mol. The summed E-state index contributed by atoms with van der Waals surface area (Å²) in [5.74, 6) is 0. The topological polar surface area (TPSA) is 57.2 Å². The summed E-state index contributed by atoms with van der Waals surface area (Å²) < 4.78 is 27.2. The maximum Gasteiger partial charge on any atom is 0.193 e. The Morgan fingerprint density at radius 1 is 0.789 bits per heavy atom. The van der Waals surface area contributed by atoms with Crippen molar-refractivity contribution in [3.63, 3.8) is 0 Å². The highest BCUT2D eigenvalue weighted by Gasteiger charge is 2.49. The van der Waals surface area contributed by atoms with E-state index in [9.17, 15) is 5.11 Å². The first-order chi connectivity index (χ1) is 16.9. The minimum absolute atomic E-state index is 0.0235. The van der Waals surface area contributed by atoms with Crippen LogP contribution in [-0.2, 0) is 18.0 Å². The van der Waals surface area contributed by atoms with Crippen LogP contribution in [0.4, 0.5) is 0 Å². The maximum atomic E-state index is 9.80.